The lowest BCUT2D eigenvalue weighted by molar-refractivity contribution is 0.106. The molecular formula is C13H19Cl2NO2S. The number of thioether (sulfide) groups is 1. The quantitative estimate of drug-likeness (QED) is 0.771. The molecule has 0 aliphatic rings. The number of halogens is 2. The summed E-state index contributed by atoms with van der Waals surface area (Å²) in [4.78, 5) is 0. The molecular weight excluding hydrogens is 305 g/mol. The Morgan fingerprint density at radius 1 is 1.32 bits per heavy atom. The van der Waals surface area contributed by atoms with Gasteiger partial charge in [0.15, 0.2) is 0 Å². The fourth-order valence-electron chi connectivity index (χ4n) is 1.35. The number of ether oxygens (including phenoxy) is 1. The summed E-state index contributed by atoms with van der Waals surface area (Å²) in [6.07, 6.45) is 1.51. The number of hydrogen-bond donors (Lipinski definition) is 2. The maximum Gasteiger partial charge on any atom is 0.121 e. The van der Waals surface area contributed by atoms with Gasteiger partial charge in [0.05, 0.1) is 10.0 Å². The monoisotopic (exact) mass is 323 g/mol. The van der Waals surface area contributed by atoms with Crippen molar-refractivity contribution in [3.8, 4) is 5.75 Å². The van der Waals surface area contributed by atoms with Crippen LogP contribution in [0.25, 0.3) is 0 Å². The molecule has 0 fully saturated rings. The molecule has 1 aromatic rings. The SMILES string of the molecule is CSC(C)CNCC(O)COc1ccc(Cl)c(Cl)c1. The third kappa shape index (κ3) is 6.72. The van der Waals surface area contributed by atoms with Gasteiger partial charge in [0.1, 0.15) is 18.5 Å². The molecule has 0 saturated heterocycles. The van der Waals surface area contributed by atoms with Gasteiger partial charge in [-0.05, 0) is 18.4 Å². The summed E-state index contributed by atoms with van der Waals surface area (Å²) in [7, 11) is 0. The van der Waals surface area contributed by atoms with E-state index < -0.39 is 6.10 Å². The molecule has 6 heteroatoms. The number of rotatable bonds is 8. The van der Waals surface area contributed by atoms with Crippen LogP contribution in [0.1, 0.15) is 6.92 Å². The molecule has 0 aliphatic carbocycles. The van der Waals surface area contributed by atoms with Crippen molar-refractivity contribution in [3.63, 3.8) is 0 Å². The molecule has 19 heavy (non-hydrogen) atoms. The van der Waals surface area contributed by atoms with Gasteiger partial charge in [-0.1, -0.05) is 30.1 Å². The molecule has 2 atom stereocenters. The second kappa shape index (κ2) is 8.93. The van der Waals surface area contributed by atoms with Crippen molar-refractivity contribution in [2.45, 2.75) is 18.3 Å². The van der Waals surface area contributed by atoms with Gasteiger partial charge in [-0.2, -0.15) is 11.8 Å². The molecule has 2 unspecified atom stereocenters. The van der Waals surface area contributed by atoms with Crippen LogP contribution >= 0.6 is 35.0 Å². The van der Waals surface area contributed by atoms with Crippen molar-refractivity contribution in [1.82, 2.24) is 5.32 Å². The van der Waals surface area contributed by atoms with Crippen LogP contribution in [0, 0.1) is 0 Å². The van der Waals surface area contributed by atoms with Gasteiger partial charge in [-0.15, -0.1) is 0 Å². The summed E-state index contributed by atoms with van der Waals surface area (Å²) in [5, 5.41) is 14.4. The zero-order valence-corrected chi connectivity index (χ0v) is 13.4. The minimum Gasteiger partial charge on any atom is -0.491 e. The highest BCUT2D eigenvalue weighted by Gasteiger charge is 2.07. The average molecular weight is 324 g/mol. The lowest BCUT2D eigenvalue weighted by Crippen LogP contribution is -2.34. The Hall–Kier alpha value is -0.130. The van der Waals surface area contributed by atoms with Crippen molar-refractivity contribution < 1.29 is 9.84 Å². The van der Waals surface area contributed by atoms with E-state index in [2.05, 4.69) is 18.5 Å². The first-order chi connectivity index (χ1) is 9.02. The van der Waals surface area contributed by atoms with Crippen LogP contribution in [0.5, 0.6) is 5.75 Å². The van der Waals surface area contributed by atoms with E-state index in [4.69, 9.17) is 27.9 Å². The molecule has 0 radical (unpaired) electrons. The lowest BCUT2D eigenvalue weighted by atomic mass is 10.3. The van der Waals surface area contributed by atoms with Crippen molar-refractivity contribution in [2.24, 2.45) is 0 Å². The smallest absolute Gasteiger partial charge is 0.121 e. The van der Waals surface area contributed by atoms with Crippen LogP contribution in [0.4, 0.5) is 0 Å². The van der Waals surface area contributed by atoms with Gasteiger partial charge >= 0.3 is 0 Å². The second-order valence-electron chi connectivity index (χ2n) is 4.25. The number of aliphatic hydroxyl groups excluding tert-OH is 1. The van der Waals surface area contributed by atoms with Gasteiger partial charge < -0.3 is 15.2 Å². The standard InChI is InChI=1S/C13H19Cl2NO2S/c1-9(19-2)6-16-7-10(17)8-18-11-3-4-12(14)13(15)5-11/h3-5,9-10,16-17H,6-8H2,1-2H3. The Kier molecular flexibility index (Phi) is 7.95. The Morgan fingerprint density at radius 3 is 2.68 bits per heavy atom. The summed E-state index contributed by atoms with van der Waals surface area (Å²) in [6, 6.07) is 5.04. The maximum absolute atomic E-state index is 9.77. The number of aliphatic hydroxyl groups is 1. The molecule has 2 N–H and O–H groups in total. The Bertz CT molecular complexity index is 393. The van der Waals surface area contributed by atoms with Crippen LogP contribution in [-0.2, 0) is 0 Å². The lowest BCUT2D eigenvalue weighted by Gasteiger charge is -2.15. The minimum absolute atomic E-state index is 0.221. The average Bonchev–Trinajstić information content (AvgIpc) is 2.40. The van der Waals surface area contributed by atoms with Crippen molar-refractivity contribution in [3.05, 3.63) is 28.2 Å². The zero-order valence-electron chi connectivity index (χ0n) is 11.0. The van der Waals surface area contributed by atoms with E-state index in [-0.39, 0.29) is 6.61 Å². The highest BCUT2D eigenvalue weighted by atomic mass is 35.5. The Labute approximate surface area is 128 Å². The molecule has 0 heterocycles. The van der Waals surface area contributed by atoms with Gasteiger partial charge in [-0.25, -0.2) is 0 Å². The summed E-state index contributed by atoms with van der Waals surface area (Å²) in [6.45, 7) is 3.73. The van der Waals surface area contributed by atoms with Crippen molar-refractivity contribution >= 4 is 35.0 Å². The Morgan fingerprint density at radius 2 is 2.05 bits per heavy atom. The van der Waals surface area contributed by atoms with E-state index in [1.807, 2.05) is 0 Å². The fourth-order valence-corrected chi connectivity index (χ4v) is 1.93. The summed E-state index contributed by atoms with van der Waals surface area (Å²) < 4.78 is 5.45. The van der Waals surface area contributed by atoms with Gasteiger partial charge in [-0.3, -0.25) is 0 Å². The highest BCUT2D eigenvalue weighted by molar-refractivity contribution is 7.99. The van der Waals surface area contributed by atoms with Crippen molar-refractivity contribution in [1.29, 1.82) is 0 Å². The summed E-state index contributed by atoms with van der Waals surface area (Å²) in [5.74, 6) is 0.603. The molecule has 3 nitrogen and oxygen atoms in total. The van der Waals surface area contributed by atoms with Crippen LogP contribution in [0.3, 0.4) is 0 Å². The zero-order chi connectivity index (χ0) is 14.3. The molecule has 1 aromatic carbocycles. The molecule has 0 bridgehead atoms. The van der Waals surface area contributed by atoms with E-state index in [0.717, 1.165) is 6.54 Å². The molecule has 0 aliphatic heterocycles. The third-order valence-corrected chi connectivity index (χ3v) is 4.26. The van der Waals surface area contributed by atoms with Gasteiger partial charge in [0.2, 0.25) is 0 Å². The largest absolute Gasteiger partial charge is 0.491 e. The first-order valence-electron chi connectivity index (χ1n) is 6.02. The Balaban J connectivity index is 2.25. The second-order valence-corrected chi connectivity index (χ2v) is 6.34. The number of nitrogens with one attached hydrogen (secondary N) is 1. The van der Waals surface area contributed by atoms with Crippen molar-refractivity contribution in [2.75, 3.05) is 26.0 Å². The first-order valence-corrected chi connectivity index (χ1v) is 8.06. The molecule has 0 amide bonds. The molecule has 0 aromatic heterocycles. The minimum atomic E-state index is -0.552. The van der Waals surface area contributed by atoms with E-state index in [1.54, 1.807) is 30.0 Å². The molecule has 0 saturated carbocycles. The third-order valence-electron chi connectivity index (χ3n) is 2.55. The van der Waals surface area contributed by atoms with E-state index >= 15 is 0 Å². The number of hydrogen-bond acceptors (Lipinski definition) is 4. The molecule has 1 rings (SSSR count). The maximum atomic E-state index is 9.77. The van der Waals surface area contributed by atoms with Crippen LogP contribution in [0.2, 0.25) is 10.0 Å². The van der Waals surface area contributed by atoms with Crippen LogP contribution < -0.4 is 10.1 Å². The van der Waals surface area contributed by atoms with E-state index in [9.17, 15) is 5.11 Å². The van der Waals surface area contributed by atoms with E-state index in [1.165, 1.54) is 0 Å². The molecule has 108 valence electrons. The summed E-state index contributed by atoms with van der Waals surface area (Å²) in [5.41, 5.74) is 0. The topological polar surface area (TPSA) is 41.5 Å². The predicted octanol–water partition coefficient (Wildman–Crippen LogP) is 3.07. The highest BCUT2D eigenvalue weighted by Crippen LogP contribution is 2.26. The fraction of sp³-hybridized carbons (Fsp3) is 0.538. The first kappa shape index (κ1) is 16.9. The normalized spacial score (nSPS) is 14.2. The number of benzene rings is 1. The van der Waals surface area contributed by atoms with E-state index in [0.29, 0.717) is 27.6 Å². The van der Waals surface area contributed by atoms with Gasteiger partial charge in [0.25, 0.3) is 0 Å². The van der Waals surface area contributed by atoms with Crippen LogP contribution in [-0.4, -0.2) is 42.4 Å². The summed E-state index contributed by atoms with van der Waals surface area (Å²) >= 11 is 13.5. The van der Waals surface area contributed by atoms with Gasteiger partial charge in [0, 0.05) is 24.4 Å². The van der Waals surface area contributed by atoms with Crippen LogP contribution in [0.15, 0.2) is 18.2 Å². The predicted molar refractivity (Wildman–Crippen MR) is 83.8 cm³/mol. The molecule has 0 spiro atoms.